The number of esters is 1. The first kappa shape index (κ1) is 12.1. The molecule has 0 bridgehead atoms. The van der Waals surface area contributed by atoms with E-state index in [0.717, 1.165) is 11.4 Å². The summed E-state index contributed by atoms with van der Waals surface area (Å²) in [5.41, 5.74) is 6.56. The van der Waals surface area contributed by atoms with Gasteiger partial charge < -0.3 is 10.5 Å². The predicted molar refractivity (Wildman–Crippen MR) is 59.4 cm³/mol. The number of nitrogens with two attached hydrogens (primary N) is 1. The quantitative estimate of drug-likeness (QED) is 0.728. The van der Waals surface area contributed by atoms with Crippen molar-refractivity contribution >= 4 is 17.7 Å². The van der Waals surface area contributed by atoms with Crippen LogP contribution in [0.25, 0.3) is 0 Å². The highest BCUT2D eigenvalue weighted by Gasteiger charge is 2.13. The van der Waals surface area contributed by atoms with Crippen LogP contribution in [0.4, 0.5) is 0 Å². The monoisotopic (exact) mass is 229 g/mol. The summed E-state index contributed by atoms with van der Waals surface area (Å²) in [5.74, 6) is 0.929. The molecule has 0 saturated carbocycles. The Morgan fingerprint density at radius 1 is 1.80 bits per heavy atom. The number of thioether (sulfide) groups is 1. The number of hydrogen-bond donors (Lipinski definition) is 1. The molecule has 0 amide bonds. The van der Waals surface area contributed by atoms with Gasteiger partial charge in [0.25, 0.3) is 0 Å². The lowest BCUT2D eigenvalue weighted by Gasteiger charge is -2.07. The summed E-state index contributed by atoms with van der Waals surface area (Å²) >= 11 is 1.57. The van der Waals surface area contributed by atoms with Crippen molar-refractivity contribution in [2.45, 2.75) is 11.8 Å². The second-order valence-electron chi connectivity index (χ2n) is 3.13. The van der Waals surface area contributed by atoms with E-state index in [-0.39, 0.29) is 5.97 Å². The molecule has 1 atom stereocenters. The van der Waals surface area contributed by atoms with Gasteiger partial charge in [-0.25, -0.2) is 0 Å². The highest BCUT2D eigenvalue weighted by molar-refractivity contribution is 7.98. The van der Waals surface area contributed by atoms with E-state index in [4.69, 9.17) is 5.73 Å². The maximum absolute atomic E-state index is 11.0. The van der Waals surface area contributed by atoms with E-state index in [1.54, 1.807) is 16.4 Å². The third kappa shape index (κ3) is 3.93. The molecule has 84 valence electrons. The van der Waals surface area contributed by atoms with Crippen LogP contribution >= 0.6 is 11.8 Å². The molecule has 1 unspecified atom stereocenters. The minimum atomic E-state index is -0.552. The zero-order chi connectivity index (χ0) is 11.3. The highest BCUT2D eigenvalue weighted by Crippen LogP contribution is 2.10. The number of aromatic nitrogens is 2. The van der Waals surface area contributed by atoms with E-state index in [1.807, 2.05) is 19.3 Å². The van der Waals surface area contributed by atoms with Crippen LogP contribution in [0.2, 0.25) is 0 Å². The zero-order valence-electron chi connectivity index (χ0n) is 8.84. The third-order valence-electron chi connectivity index (χ3n) is 1.82. The Balaban J connectivity index is 2.24. The number of carbonyl (C=O) groups excluding carboxylic acids is 1. The van der Waals surface area contributed by atoms with Crippen molar-refractivity contribution in [1.29, 1.82) is 0 Å². The van der Waals surface area contributed by atoms with Gasteiger partial charge in [0.2, 0.25) is 0 Å². The van der Waals surface area contributed by atoms with Crippen LogP contribution in [0.1, 0.15) is 5.69 Å². The maximum Gasteiger partial charge on any atom is 0.323 e. The summed E-state index contributed by atoms with van der Waals surface area (Å²) < 4.78 is 6.27. The van der Waals surface area contributed by atoms with Gasteiger partial charge in [-0.1, -0.05) is 0 Å². The molecule has 2 N–H and O–H groups in total. The number of methoxy groups -OCH3 is 1. The molecule has 0 aliphatic rings. The van der Waals surface area contributed by atoms with Crippen molar-refractivity contribution in [3.05, 3.63) is 18.0 Å². The Morgan fingerprint density at radius 3 is 3.07 bits per heavy atom. The molecule has 0 saturated heterocycles. The molecule has 0 aliphatic heterocycles. The van der Waals surface area contributed by atoms with E-state index in [2.05, 4.69) is 9.84 Å². The van der Waals surface area contributed by atoms with E-state index in [9.17, 15) is 4.79 Å². The maximum atomic E-state index is 11.0. The lowest BCUT2D eigenvalue weighted by Crippen LogP contribution is -2.33. The summed E-state index contributed by atoms with van der Waals surface area (Å²) in [5, 5.41) is 4.21. The molecule has 0 radical (unpaired) electrons. The number of rotatable bonds is 5. The molecule has 6 heteroatoms. The van der Waals surface area contributed by atoms with Gasteiger partial charge in [0.05, 0.1) is 12.8 Å². The van der Waals surface area contributed by atoms with Gasteiger partial charge in [-0.2, -0.15) is 16.9 Å². The first-order valence-electron chi connectivity index (χ1n) is 4.53. The number of ether oxygens (including phenoxy) is 1. The van der Waals surface area contributed by atoms with E-state index >= 15 is 0 Å². The van der Waals surface area contributed by atoms with Gasteiger partial charge in [0.1, 0.15) is 6.04 Å². The van der Waals surface area contributed by atoms with Crippen molar-refractivity contribution < 1.29 is 9.53 Å². The van der Waals surface area contributed by atoms with Crippen molar-refractivity contribution in [3.63, 3.8) is 0 Å². The normalized spacial score (nSPS) is 12.5. The van der Waals surface area contributed by atoms with E-state index in [1.165, 1.54) is 7.11 Å². The Hall–Kier alpha value is -1.01. The summed E-state index contributed by atoms with van der Waals surface area (Å²) in [6, 6.07) is 1.39. The van der Waals surface area contributed by atoms with Crippen LogP contribution in [0.5, 0.6) is 0 Å². The molecule has 1 rings (SSSR count). The van der Waals surface area contributed by atoms with Crippen LogP contribution in [0, 0.1) is 0 Å². The lowest BCUT2D eigenvalue weighted by atomic mass is 10.4. The molecule has 0 aromatic carbocycles. The largest absolute Gasteiger partial charge is 0.468 e. The molecule has 5 nitrogen and oxygen atoms in total. The van der Waals surface area contributed by atoms with Crippen LogP contribution in [-0.2, 0) is 22.3 Å². The van der Waals surface area contributed by atoms with Gasteiger partial charge in [-0.15, -0.1) is 0 Å². The number of nitrogens with zero attached hydrogens (tertiary/aromatic N) is 2. The van der Waals surface area contributed by atoms with E-state index in [0.29, 0.717) is 5.75 Å². The molecule has 15 heavy (non-hydrogen) atoms. The number of hydrogen-bond acceptors (Lipinski definition) is 5. The average molecular weight is 229 g/mol. The van der Waals surface area contributed by atoms with Crippen molar-refractivity contribution in [2.75, 3.05) is 12.9 Å². The standard InChI is InChI=1S/C9H15N3O2S/c1-12-4-3-7(11-12)5-15-6-8(10)9(13)14-2/h3-4,8H,5-6,10H2,1-2H3. The minimum absolute atomic E-state index is 0.372. The van der Waals surface area contributed by atoms with Gasteiger partial charge in [0.15, 0.2) is 0 Å². The Morgan fingerprint density at radius 2 is 2.53 bits per heavy atom. The average Bonchev–Trinajstić information content (AvgIpc) is 2.63. The predicted octanol–water partition coefficient (Wildman–Crippen LogP) is 0.154. The van der Waals surface area contributed by atoms with Crippen LogP contribution in [0.3, 0.4) is 0 Å². The molecular formula is C9H15N3O2S. The molecule has 1 aromatic rings. The second-order valence-corrected chi connectivity index (χ2v) is 4.16. The Bertz CT molecular complexity index is 327. The SMILES string of the molecule is COC(=O)C(N)CSCc1ccn(C)n1. The van der Waals surface area contributed by atoms with Crippen LogP contribution < -0.4 is 5.73 Å². The minimum Gasteiger partial charge on any atom is -0.468 e. The fraction of sp³-hybridized carbons (Fsp3) is 0.556. The van der Waals surface area contributed by atoms with Gasteiger partial charge in [-0.05, 0) is 6.07 Å². The van der Waals surface area contributed by atoms with Gasteiger partial charge in [-0.3, -0.25) is 9.48 Å². The first-order valence-corrected chi connectivity index (χ1v) is 5.68. The summed E-state index contributed by atoms with van der Waals surface area (Å²) in [7, 11) is 3.21. The summed E-state index contributed by atoms with van der Waals surface area (Å²) in [4.78, 5) is 11.0. The molecule has 0 spiro atoms. The van der Waals surface area contributed by atoms with E-state index < -0.39 is 6.04 Å². The molecule has 0 aliphatic carbocycles. The van der Waals surface area contributed by atoms with Crippen molar-refractivity contribution in [3.8, 4) is 0 Å². The molecule has 0 fully saturated rings. The third-order valence-corrected chi connectivity index (χ3v) is 2.91. The molecule has 1 heterocycles. The highest BCUT2D eigenvalue weighted by atomic mass is 32.2. The second kappa shape index (κ2) is 5.77. The van der Waals surface area contributed by atoms with Crippen molar-refractivity contribution in [2.24, 2.45) is 12.8 Å². The lowest BCUT2D eigenvalue weighted by molar-refractivity contribution is -0.141. The van der Waals surface area contributed by atoms with Crippen molar-refractivity contribution in [1.82, 2.24) is 9.78 Å². The van der Waals surface area contributed by atoms with Gasteiger partial charge >= 0.3 is 5.97 Å². The zero-order valence-corrected chi connectivity index (χ0v) is 9.66. The fourth-order valence-electron chi connectivity index (χ4n) is 1.05. The summed E-state index contributed by atoms with van der Waals surface area (Å²) in [6.07, 6.45) is 1.89. The number of carbonyl (C=O) groups is 1. The van der Waals surface area contributed by atoms with Crippen LogP contribution in [-0.4, -0.2) is 34.7 Å². The summed E-state index contributed by atoms with van der Waals surface area (Å²) in [6.45, 7) is 0. The first-order chi connectivity index (χ1) is 7.13. The van der Waals surface area contributed by atoms with Crippen LogP contribution in [0.15, 0.2) is 12.3 Å². The molecule has 1 aromatic heterocycles. The number of aryl methyl sites for hydroxylation is 1. The molecular weight excluding hydrogens is 214 g/mol. The fourth-order valence-corrected chi connectivity index (χ4v) is 1.92. The van der Waals surface area contributed by atoms with Gasteiger partial charge in [0, 0.05) is 24.8 Å². The Labute approximate surface area is 93.0 Å². The Kier molecular flexibility index (Phi) is 4.64. The topological polar surface area (TPSA) is 70.1 Å². The smallest absolute Gasteiger partial charge is 0.323 e.